The van der Waals surface area contributed by atoms with Crippen LogP contribution in [-0.4, -0.2) is 24.9 Å². The van der Waals surface area contributed by atoms with Gasteiger partial charge in [0.25, 0.3) is 0 Å². The van der Waals surface area contributed by atoms with Crippen LogP contribution < -0.4 is 9.47 Å². The molecule has 7 heteroatoms. The van der Waals surface area contributed by atoms with E-state index in [0.717, 1.165) is 16.9 Å². The predicted octanol–water partition coefficient (Wildman–Crippen LogP) is 3.10. The maximum atomic E-state index is 12.1. The van der Waals surface area contributed by atoms with E-state index in [9.17, 15) is 14.9 Å². The number of methoxy groups -OCH3 is 2. The van der Waals surface area contributed by atoms with E-state index >= 15 is 0 Å². The topological polar surface area (TPSA) is 78.7 Å². The molecular formula is C14H13NO5S. The molecule has 0 saturated carbocycles. The molecule has 0 N–H and O–H groups in total. The molecule has 0 saturated heterocycles. The first kappa shape index (κ1) is 15.0. The highest BCUT2D eigenvalue weighted by atomic mass is 32.1. The minimum absolute atomic E-state index is 0.0364. The number of thiophene rings is 1. The average Bonchev–Trinajstić information content (AvgIpc) is 2.97. The number of nitrogens with zero attached hydrogens (tertiary/aromatic N) is 1. The van der Waals surface area contributed by atoms with Gasteiger partial charge in [0.05, 0.1) is 24.0 Å². The van der Waals surface area contributed by atoms with Crippen LogP contribution in [0.4, 0.5) is 5.00 Å². The first-order chi connectivity index (χ1) is 10.0. The Labute approximate surface area is 125 Å². The molecule has 2 rings (SSSR count). The van der Waals surface area contributed by atoms with Crippen LogP contribution in [0.2, 0.25) is 0 Å². The molecule has 0 unspecified atom stereocenters. The lowest BCUT2D eigenvalue weighted by molar-refractivity contribution is -0.380. The van der Waals surface area contributed by atoms with Crippen molar-refractivity contribution in [3.63, 3.8) is 0 Å². The fourth-order valence-electron chi connectivity index (χ4n) is 1.84. The number of nitro groups is 1. The highest BCUT2D eigenvalue weighted by Gasteiger charge is 2.16. The Morgan fingerprint density at radius 1 is 1.19 bits per heavy atom. The SMILES string of the molecule is COc1ccc(CC(=O)c2ccc([N+](=O)[O-])s2)cc1OC. The third kappa shape index (κ3) is 3.38. The van der Waals surface area contributed by atoms with Crippen LogP contribution in [0.25, 0.3) is 0 Å². The van der Waals surface area contributed by atoms with Crippen LogP contribution in [0, 0.1) is 10.1 Å². The van der Waals surface area contributed by atoms with Gasteiger partial charge in [-0.25, -0.2) is 0 Å². The first-order valence-corrected chi connectivity index (χ1v) is 6.85. The van der Waals surface area contributed by atoms with E-state index in [1.165, 1.54) is 26.4 Å². The smallest absolute Gasteiger partial charge is 0.324 e. The van der Waals surface area contributed by atoms with Gasteiger partial charge in [0.1, 0.15) is 0 Å². The molecule has 2 aromatic rings. The summed E-state index contributed by atoms with van der Waals surface area (Å²) in [7, 11) is 3.06. The van der Waals surface area contributed by atoms with Gasteiger partial charge in [0.2, 0.25) is 0 Å². The zero-order valence-electron chi connectivity index (χ0n) is 11.5. The van der Waals surface area contributed by atoms with Gasteiger partial charge in [0, 0.05) is 12.5 Å². The fourth-order valence-corrected chi connectivity index (χ4v) is 2.60. The number of carbonyl (C=O) groups excluding carboxylic acids is 1. The van der Waals surface area contributed by atoms with Crippen molar-refractivity contribution in [2.24, 2.45) is 0 Å². The minimum Gasteiger partial charge on any atom is -0.493 e. The van der Waals surface area contributed by atoms with E-state index in [-0.39, 0.29) is 17.2 Å². The predicted molar refractivity (Wildman–Crippen MR) is 78.6 cm³/mol. The highest BCUT2D eigenvalue weighted by Crippen LogP contribution is 2.29. The number of ketones is 1. The molecule has 1 aromatic carbocycles. The molecule has 1 aromatic heterocycles. The highest BCUT2D eigenvalue weighted by molar-refractivity contribution is 7.17. The summed E-state index contributed by atoms with van der Waals surface area (Å²) in [6.07, 6.45) is 0.151. The van der Waals surface area contributed by atoms with Crippen LogP contribution in [0.3, 0.4) is 0 Å². The maximum absolute atomic E-state index is 12.1. The van der Waals surface area contributed by atoms with Crippen molar-refractivity contribution in [3.8, 4) is 11.5 Å². The Morgan fingerprint density at radius 2 is 1.90 bits per heavy atom. The molecule has 0 spiro atoms. The molecule has 0 fully saturated rings. The van der Waals surface area contributed by atoms with Gasteiger partial charge in [-0.15, -0.1) is 0 Å². The quantitative estimate of drug-likeness (QED) is 0.465. The summed E-state index contributed by atoms with van der Waals surface area (Å²) in [6.45, 7) is 0. The van der Waals surface area contributed by atoms with Crippen molar-refractivity contribution in [2.45, 2.75) is 6.42 Å². The van der Waals surface area contributed by atoms with Crippen LogP contribution in [0.1, 0.15) is 15.2 Å². The Bertz CT molecular complexity index is 680. The van der Waals surface area contributed by atoms with E-state index in [1.54, 1.807) is 18.2 Å². The van der Waals surface area contributed by atoms with E-state index in [1.807, 2.05) is 0 Å². The van der Waals surface area contributed by atoms with Gasteiger partial charge in [-0.2, -0.15) is 0 Å². The molecule has 110 valence electrons. The third-order valence-corrected chi connectivity index (χ3v) is 3.94. The fraction of sp³-hybridized carbons (Fsp3) is 0.214. The Balaban J connectivity index is 2.17. The Morgan fingerprint density at radius 3 is 2.48 bits per heavy atom. The van der Waals surface area contributed by atoms with Gasteiger partial charge in [0.15, 0.2) is 17.3 Å². The minimum atomic E-state index is -0.502. The molecule has 1 heterocycles. The largest absolute Gasteiger partial charge is 0.493 e. The summed E-state index contributed by atoms with van der Waals surface area (Å²) >= 11 is 0.881. The van der Waals surface area contributed by atoms with Crippen LogP contribution >= 0.6 is 11.3 Å². The molecular weight excluding hydrogens is 294 g/mol. The summed E-state index contributed by atoms with van der Waals surface area (Å²) in [5.41, 5.74) is 0.758. The second-order valence-corrected chi connectivity index (χ2v) is 5.25. The molecule has 0 aliphatic carbocycles. The Hall–Kier alpha value is -2.41. The third-order valence-electron chi connectivity index (χ3n) is 2.86. The van der Waals surface area contributed by atoms with Crippen LogP contribution in [0.5, 0.6) is 11.5 Å². The van der Waals surface area contributed by atoms with E-state index in [2.05, 4.69) is 0 Å². The van der Waals surface area contributed by atoms with Gasteiger partial charge in [-0.3, -0.25) is 14.9 Å². The van der Waals surface area contributed by atoms with E-state index in [4.69, 9.17) is 9.47 Å². The summed E-state index contributed by atoms with van der Waals surface area (Å²) in [4.78, 5) is 22.6. The van der Waals surface area contributed by atoms with Gasteiger partial charge in [-0.1, -0.05) is 17.4 Å². The number of rotatable bonds is 6. The zero-order chi connectivity index (χ0) is 15.4. The molecule has 0 atom stereocenters. The molecule has 0 radical (unpaired) electrons. The molecule has 0 aliphatic rings. The lowest BCUT2D eigenvalue weighted by Crippen LogP contribution is -2.02. The van der Waals surface area contributed by atoms with Crippen LogP contribution in [-0.2, 0) is 6.42 Å². The lowest BCUT2D eigenvalue weighted by Gasteiger charge is -2.08. The van der Waals surface area contributed by atoms with Crippen molar-refractivity contribution in [2.75, 3.05) is 14.2 Å². The van der Waals surface area contributed by atoms with Crippen LogP contribution in [0.15, 0.2) is 30.3 Å². The summed E-state index contributed by atoms with van der Waals surface area (Å²) in [5.74, 6) is 0.959. The monoisotopic (exact) mass is 307 g/mol. The Kier molecular flexibility index (Phi) is 4.54. The number of hydrogen-bond donors (Lipinski definition) is 0. The normalized spacial score (nSPS) is 10.2. The summed E-state index contributed by atoms with van der Waals surface area (Å²) in [5, 5.41) is 10.6. The van der Waals surface area contributed by atoms with E-state index < -0.39 is 4.92 Å². The van der Waals surface area contributed by atoms with Crippen molar-refractivity contribution in [1.29, 1.82) is 0 Å². The molecule has 0 amide bonds. The zero-order valence-corrected chi connectivity index (χ0v) is 12.3. The number of hydrogen-bond acceptors (Lipinski definition) is 6. The average molecular weight is 307 g/mol. The van der Waals surface area contributed by atoms with E-state index in [0.29, 0.717) is 16.4 Å². The van der Waals surface area contributed by atoms with Crippen molar-refractivity contribution >= 4 is 22.1 Å². The number of ether oxygens (including phenoxy) is 2. The van der Waals surface area contributed by atoms with Gasteiger partial charge in [-0.05, 0) is 23.8 Å². The number of carbonyl (C=O) groups is 1. The standard InChI is InChI=1S/C14H13NO5S/c1-19-11-4-3-9(8-12(11)20-2)7-10(16)13-5-6-14(21-13)15(17)18/h3-6,8H,7H2,1-2H3. The van der Waals surface area contributed by atoms with Crippen molar-refractivity contribution in [1.82, 2.24) is 0 Å². The number of benzene rings is 1. The maximum Gasteiger partial charge on any atom is 0.324 e. The number of Topliss-reactive ketones (excluding diaryl/α,β-unsaturated/α-hetero) is 1. The molecule has 0 bridgehead atoms. The summed E-state index contributed by atoms with van der Waals surface area (Å²) in [6, 6.07) is 8.02. The second kappa shape index (κ2) is 6.36. The lowest BCUT2D eigenvalue weighted by atomic mass is 10.1. The summed E-state index contributed by atoms with van der Waals surface area (Å²) < 4.78 is 10.3. The second-order valence-electron chi connectivity index (χ2n) is 4.18. The first-order valence-electron chi connectivity index (χ1n) is 6.03. The molecule has 0 aliphatic heterocycles. The molecule has 6 nitrogen and oxygen atoms in total. The van der Waals surface area contributed by atoms with Gasteiger partial charge < -0.3 is 9.47 Å². The molecule has 21 heavy (non-hydrogen) atoms. The van der Waals surface area contributed by atoms with Crippen molar-refractivity contribution < 1.29 is 19.2 Å². The van der Waals surface area contributed by atoms with Gasteiger partial charge >= 0.3 is 5.00 Å². The van der Waals surface area contributed by atoms with Crippen molar-refractivity contribution in [3.05, 3.63) is 50.9 Å².